The number of hydrogen-bond acceptors (Lipinski definition) is 5. The third-order valence-electron chi connectivity index (χ3n) is 3.66. The lowest BCUT2D eigenvalue weighted by molar-refractivity contribution is -0.159. The molecule has 1 aromatic heterocycles. The summed E-state index contributed by atoms with van der Waals surface area (Å²) in [4.78, 5) is 27.3. The Kier molecular flexibility index (Phi) is 5.46. The molecule has 0 saturated heterocycles. The first-order valence-electron chi connectivity index (χ1n) is 7.83. The largest absolute Gasteiger partial charge is 0.471 e. The maximum absolute atomic E-state index is 12.5. The lowest BCUT2D eigenvalue weighted by Crippen LogP contribution is -2.30. The SMILES string of the molecule is O=C(NCc1ccc(-c2noc(C(F)(F)F)n2)cc1Cl)C(=O)c1ccccc1. The zero-order chi connectivity index (χ0) is 20.3. The van der Waals surface area contributed by atoms with Crippen LogP contribution in [0.25, 0.3) is 11.4 Å². The van der Waals surface area contributed by atoms with Crippen molar-refractivity contribution < 1.29 is 27.3 Å². The first-order valence-corrected chi connectivity index (χ1v) is 8.21. The number of Topliss-reactive ketones (excluding diaryl/α,β-unsaturated/α-hetero) is 1. The highest BCUT2D eigenvalue weighted by atomic mass is 35.5. The summed E-state index contributed by atoms with van der Waals surface area (Å²) in [5.41, 5.74) is 0.915. The van der Waals surface area contributed by atoms with Gasteiger partial charge in [0.15, 0.2) is 0 Å². The fourth-order valence-electron chi connectivity index (χ4n) is 2.26. The van der Waals surface area contributed by atoms with Gasteiger partial charge >= 0.3 is 12.1 Å². The van der Waals surface area contributed by atoms with E-state index in [-0.39, 0.29) is 28.5 Å². The second-order valence-corrected chi connectivity index (χ2v) is 6.01. The first-order chi connectivity index (χ1) is 13.3. The number of carbonyl (C=O) groups excluding carboxylic acids is 2. The van der Waals surface area contributed by atoms with Crippen LogP contribution in [0.1, 0.15) is 21.8 Å². The van der Waals surface area contributed by atoms with Gasteiger partial charge in [0.05, 0.1) is 0 Å². The molecule has 1 heterocycles. The molecule has 0 fully saturated rings. The number of alkyl halides is 3. The predicted octanol–water partition coefficient (Wildman–Crippen LogP) is 3.91. The van der Waals surface area contributed by atoms with Crippen molar-refractivity contribution in [3.05, 3.63) is 70.6 Å². The summed E-state index contributed by atoms with van der Waals surface area (Å²) in [6.45, 7) is -0.0451. The van der Waals surface area contributed by atoms with E-state index in [1.54, 1.807) is 18.2 Å². The Bertz CT molecular complexity index is 1020. The number of benzene rings is 2. The Hall–Kier alpha value is -3.20. The van der Waals surface area contributed by atoms with Crippen molar-refractivity contribution >= 4 is 23.3 Å². The molecule has 144 valence electrons. The number of nitrogens with zero attached hydrogens (tertiary/aromatic N) is 2. The molecule has 0 aliphatic rings. The number of carbonyl (C=O) groups is 2. The molecule has 10 heteroatoms. The van der Waals surface area contributed by atoms with E-state index in [9.17, 15) is 22.8 Å². The maximum Gasteiger partial charge on any atom is 0.471 e. The minimum atomic E-state index is -4.75. The summed E-state index contributed by atoms with van der Waals surface area (Å²) in [5.74, 6) is -3.24. The fraction of sp³-hybridized carbons (Fsp3) is 0.111. The second kappa shape index (κ2) is 7.81. The molecule has 0 saturated carbocycles. The minimum absolute atomic E-state index is 0.0451. The monoisotopic (exact) mass is 409 g/mol. The summed E-state index contributed by atoms with van der Waals surface area (Å²) in [6.07, 6.45) is -4.75. The topological polar surface area (TPSA) is 85.1 Å². The predicted molar refractivity (Wildman–Crippen MR) is 92.4 cm³/mol. The summed E-state index contributed by atoms with van der Waals surface area (Å²) >= 11 is 6.11. The van der Waals surface area contributed by atoms with Gasteiger partial charge in [0.25, 0.3) is 5.91 Å². The van der Waals surface area contributed by atoms with Crippen LogP contribution in [-0.2, 0) is 17.5 Å². The average Bonchev–Trinajstić information content (AvgIpc) is 3.17. The lowest BCUT2D eigenvalue weighted by Gasteiger charge is -2.07. The standard InChI is InChI=1S/C18H11ClF3N3O3/c19-13-8-11(15-24-17(28-25-15)18(20,21)22)6-7-12(13)9-23-16(27)14(26)10-4-2-1-3-5-10/h1-8H,9H2,(H,23,27). The van der Waals surface area contributed by atoms with Gasteiger partial charge < -0.3 is 9.84 Å². The summed E-state index contributed by atoms with van der Waals surface area (Å²) < 4.78 is 41.8. The molecular weight excluding hydrogens is 399 g/mol. The van der Waals surface area contributed by atoms with Crippen LogP contribution < -0.4 is 5.32 Å². The number of ketones is 1. The van der Waals surface area contributed by atoms with Crippen LogP contribution in [0.2, 0.25) is 5.02 Å². The third-order valence-corrected chi connectivity index (χ3v) is 4.01. The van der Waals surface area contributed by atoms with Crippen LogP contribution in [0.3, 0.4) is 0 Å². The Morgan fingerprint density at radius 3 is 2.43 bits per heavy atom. The van der Waals surface area contributed by atoms with Gasteiger partial charge in [-0.15, -0.1) is 0 Å². The van der Waals surface area contributed by atoms with Crippen molar-refractivity contribution in [1.82, 2.24) is 15.5 Å². The number of hydrogen-bond donors (Lipinski definition) is 1. The van der Waals surface area contributed by atoms with Crippen LogP contribution in [-0.4, -0.2) is 21.8 Å². The van der Waals surface area contributed by atoms with E-state index >= 15 is 0 Å². The molecule has 0 atom stereocenters. The molecule has 0 aliphatic heterocycles. The zero-order valence-electron chi connectivity index (χ0n) is 14.0. The molecule has 28 heavy (non-hydrogen) atoms. The summed E-state index contributed by atoms with van der Waals surface area (Å²) in [7, 11) is 0. The van der Waals surface area contributed by atoms with Crippen molar-refractivity contribution in [2.75, 3.05) is 0 Å². The van der Waals surface area contributed by atoms with E-state index < -0.39 is 23.8 Å². The highest BCUT2D eigenvalue weighted by Gasteiger charge is 2.38. The molecule has 1 amide bonds. The maximum atomic E-state index is 12.5. The van der Waals surface area contributed by atoms with E-state index in [4.69, 9.17) is 11.6 Å². The number of aromatic nitrogens is 2. The molecule has 0 aliphatic carbocycles. The van der Waals surface area contributed by atoms with E-state index in [0.29, 0.717) is 5.56 Å². The lowest BCUT2D eigenvalue weighted by atomic mass is 10.1. The van der Waals surface area contributed by atoms with Gasteiger partial charge in [-0.2, -0.15) is 18.2 Å². The molecule has 0 unspecified atom stereocenters. The molecule has 2 aromatic carbocycles. The molecule has 0 bridgehead atoms. The fourth-order valence-corrected chi connectivity index (χ4v) is 2.51. The van der Waals surface area contributed by atoms with E-state index in [1.165, 1.54) is 30.3 Å². The Morgan fingerprint density at radius 2 is 1.82 bits per heavy atom. The van der Waals surface area contributed by atoms with Crippen LogP contribution in [0.5, 0.6) is 0 Å². The van der Waals surface area contributed by atoms with Gasteiger partial charge in [-0.05, 0) is 11.6 Å². The summed E-state index contributed by atoms with van der Waals surface area (Å²) in [5, 5.41) is 5.88. The normalized spacial score (nSPS) is 11.3. The minimum Gasteiger partial charge on any atom is -0.345 e. The van der Waals surface area contributed by atoms with E-state index in [0.717, 1.165) is 0 Å². The number of rotatable bonds is 5. The van der Waals surface area contributed by atoms with Crippen LogP contribution >= 0.6 is 11.6 Å². The number of amides is 1. The van der Waals surface area contributed by atoms with Crippen LogP contribution in [0.4, 0.5) is 13.2 Å². The Labute approximate surface area is 161 Å². The van der Waals surface area contributed by atoms with Crippen molar-refractivity contribution in [2.24, 2.45) is 0 Å². The van der Waals surface area contributed by atoms with Crippen molar-refractivity contribution in [2.45, 2.75) is 12.7 Å². The molecule has 0 spiro atoms. The van der Waals surface area contributed by atoms with Gasteiger partial charge in [-0.1, -0.05) is 59.2 Å². The quantitative estimate of drug-likeness (QED) is 0.510. The van der Waals surface area contributed by atoms with Crippen LogP contribution in [0, 0.1) is 0 Å². The highest BCUT2D eigenvalue weighted by molar-refractivity contribution is 6.42. The summed E-state index contributed by atoms with van der Waals surface area (Å²) in [6, 6.07) is 12.3. The first kappa shape index (κ1) is 19.6. The van der Waals surface area contributed by atoms with Gasteiger partial charge in [0.1, 0.15) is 0 Å². The molecule has 3 aromatic rings. The molecule has 0 radical (unpaired) electrons. The van der Waals surface area contributed by atoms with Crippen LogP contribution in [0.15, 0.2) is 53.1 Å². The third kappa shape index (κ3) is 4.37. The second-order valence-electron chi connectivity index (χ2n) is 5.60. The van der Waals surface area contributed by atoms with Crippen molar-refractivity contribution in [1.29, 1.82) is 0 Å². The van der Waals surface area contributed by atoms with Gasteiger partial charge in [0.2, 0.25) is 11.6 Å². The zero-order valence-corrected chi connectivity index (χ0v) is 14.7. The molecule has 1 N–H and O–H groups in total. The average molecular weight is 410 g/mol. The van der Waals surface area contributed by atoms with E-state index in [2.05, 4.69) is 20.0 Å². The molecule has 6 nitrogen and oxygen atoms in total. The number of nitrogens with one attached hydrogen (secondary N) is 1. The van der Waals surface area contributed by atoms with Gasteiger partial charge in [-0.3, -0.25) is 9.59 Å². The molecular formula is C18H11ClF3N3O3. The van der Waals surface area contributed by atoms with Gasteiger partial charge in [-0.25, -0.2) is 0 Å². The van der Waals surface area contributed by atoms with Crippen molar-refractivity contribution in [3.8, 4) is 11.4 Å². The molecule has 3 rings (SSSR count). The Balaban J connectivity index is 1.68. The van der Waals surface area contributed by atoms with E-state index in [1.807, 2.05) is 0 Å². The highest BCUT2D eigenvalue weighted by Crippen LogP contribution is 2.30. The Morgan fingerprint density at radius 1 is 1.11 bits per heavy atom. The smallest absolute Gasteiger partial charge is 0.345 e. The number of halogens is 4. The van der Waals surface area contributed by atoms with Gasteiger partial charge in [0, 0.05) is 22.7 Å². The van der Waals surface area contributed by atoms with Crippen molar-refractivity contribution in [3.63, 3.8) is 0 Å².